The van der Waals surface area contributed by atoms with Gasteiger partial charge in [-0.3, -0.25) is 9.59 Å². The molecule has 0 aliphatic carbocycles. The average Bonchev–Trinajstić information content (AvgIpc) is 2.16. The van der Waals surface area contributed by atoms with E-state index in [0.29, 0.717) is 19.6 Å². The fraction of sp³-hybridized carbons (Fsp3) is 0.778. The minimum atomic E-state index is -0.818. The van der Waals surface area contributed by atoms with E-state index < -0.39 is 5.97 Å². The van der Waals surface area contributed by atoms with Crippen LogP contribution >= 0.6 is 0 Å². The minimum absolute atomic E-state index is 0.0938. The van der Waals surface area contributed by atoms with E-state index in [0.717, 1.165) is 0 Å². The lowest BCUT2D eigenvalue weighted by atomic mass is 10.5. The first kappa shape index (κ1) is 15.4. The summed E-state index contributed by atoms with van der Waals surface area (Å²) in [4.78, 5) is 19.9. The van der Waals surface area contributed by atoms with Gasteiger partial charge >= 0.3 is 11.9 Å². The van der Waals surface area contributed by atoms with E-state index in [9.17, 15) is 9.59 Å². The van der Waals surface area contributed by atoms with Crippen molar-refractivity contribution >= 4 is 11.9 Å². The Hall–Kier alpha value is -1.10. The van der Waals surface area contributed by atoms with Gasteiger partial charge in [0.1, 0.15) is 0 Å². The van der Waals surface area contributed by atoms with Gasteiger partial charge in [0.15, 0.2) is 0 Å². The van der Waals surface area contributed by atoms with Crippen LogP contribution < -0.4 is 0 Å². The van der Waals surface area contributed by atoms with Crippen LogP contribution in [0.5, 0.6) is 0 Å². The molecule has 0 heterocycles. The summed E-state index contributed by atoms with van der Waals surface area (Å²) in [5.41, 5.74) is 0. The van der Waals surface area contributed by atoms with Crippen LogP contribution in [0.25, 0.3) is 0 Å². The Kier molecular flexibility index (Phi) is 13.1. The molecule has 0 aromatic rings. The molecular weight excluding hydrogens is 188 g/mol. The highest BCUT2D eigenvalue weighted by molar-refractivity contribution is 5.68. The Balaban J connectivity index is 0. The zero-order valence-corrected chi connectivity index (χ0v) is 8.91. The Labute approximate surface area is 84.0 Å². The second-order valence-electron chi connectivity index (χ2n) is 2.30. The van der Waals surface area contributed by atoms with E-state index in [1.807, 2.05) is 0 Å². The van der Waals surface area contributed by atoms with Gasteiger partial charge in [-0.25, -0.2) is 0 Å². The normalized spacial score (nSPS) is 8.50. The van der Waals surface area contributed by atoms with Crippen molar-refractivity contribution in [1.29, 1.82) is 0 Å². The number of carbonyl (C=O) groups excluding carboxylic acids is 1. The van der Waals surface area contributed by atoms with Gasteiger partial charge in [-0.1, -0.05) is 6.92 Å². The second-order valence-corrected chi connectivity index (χ2v) is 2.30. The molecule has 0 amide bonds. The van der Waals surface area contributed by atoms with Gasteiger partial charge in [-0.15, -0.1) is 0 Å². The summed E-state index contributed by atoms with van der Waals surface area (Å²) in [6.07, 6.45) is 0.574. The summed E-state index contributed by atoms with van der Waals surface area (Å²) in [5, 5.41) is 7.96. The van der Waals surface area contributed by atoms with Crippen LogP contribution in [-0.2, 0) is 19.1 Å². The Bertz CT molecular complexity index is 155. The number of carboxylic acids is 1. The molecule has 1 N–H and O–H groups in total. The quantitative estimate of drug-likeness (QED) is 0.681. The summed E-state index contributed by atoms with van der Waals surface area (Å²) in [5.74, 6) is -0.940. The van der Waals surface area contributed by atoms with Crippen LogP contribution in [0.1, 0.15) is 26.7 Å². The number of hydrogen-bond donors (Lipinski definition) is 1. The van der Waals surface area contributed by atoms with Gasteiger partial charge in [0.2, 0.25) is 0 Å². The number of carboxylic acid groups (broad SMARTS) is 1. The van der Waals surface area contributed by atoms with E-state index in [1.165, 1.54) is 7.11 Å². The number of esters is 1. The van der Waals surface area contributed by atoms with Gasteiger partial charge in [0.05, 0.1) is 19.6 Å². The third kappa shape index (κ3) is 17.1. The van der Waals surface area contributed by atoms with Crippen molar-refractivity contribution in [1.82, 2.24) is 0 Å². The van der Waals surface area contributed by atoms with Gasteiger partial charge in [0, 0.05) is 13.5 Å². The first-order valence-corrected chi connectivity index (χ1v) is 4.44. The summed E-state index contributed by atoms with van der Waals surface area (Å²) in [6.45, 7) is 4.37. The van der Waals surface area contributed by atoms with Crippen molar-refractivity contribution in [3.8, 4) is 0 Å². The largest absolute Gasteiger partial charge is 0.481 e. The highest BCUT2D eigenvalue weighted by atomic mass is 16.5. The van der Waals surface area contributed by atoms with E-state index in [1.54, 1.807) is 13.8 Å². The summed E-state index contributed by atoms with van der Waals surface area (Å²) in [7, 11) is 1.48. The summed E-state index contributed by atoms with van der Waals surface area (Å²) >= 11 is 0. The first-order valence-electron chi connectivity index (χ1n) is 4.44. The van der Waals surface area contributed by atoms with Crippen molar-refractivity contribution in [2.75, 3.05) is 20.3 Å². The molecule has 0 fully saturated rings. The molecule has 0 saturated heterocycles. The maximum absolute atomic E-state index is 10.2. The topological polar surface area (TPSA) is 72.8 Å². The van der Waals surface area contributed by atoms with E-state index >= 15 is 0 Å². The molecule has 0 bridgehead atoms. The molecule has 5 nitrogen and oxygen atoms in total. The van der Waals surface area contributed by atoms with Crippen LogP contribution in [-0.4, -0.2) is 37.4 Å². The molecule has 0 aromatic heterocycles. The lowest BCUT2D eigenvalue weighted by Gasteiger charge is -1.93. The van der Waals surface area contributed by atoms with E-state index in [-0.39, 0.29) is 12.4 Å². The fourth-order valence-electron chi connectivity index (χ4n) is 0.452. The maximum Gasteiger partial charge on any atom is 0.305 e. The zero-order chi connectivity index (χ0) is 11.4. The van der Waals surface area contributed by atoms with Gasteiger partial charge in [-0.2, -0.15) is 0 Å². The van der Waals surface area contributed by atoms with Crippen LogP contribution in [0.2, 0.25) is 0 Å². The highest BCUT2D eigenvalue weighted by Crippen LogP contribution is 1.80. The Morgan fingerprint density at radius 1 is 1.29 bits per heavy atom. The molecule has 0 rings (SSSR count). The fourth-order valence-corrected chi connectivity index (χ4v) is 0.452. The lowest BCUT2D eigenvalue weighted by Crippen LogP contribution is -2.00. The van der Waals surface area contributed by atoms with Crippen molar-refractivity contribution in [3.05, 3.63) is 0 Å². The molecule has 0 saturated carbocycles. The number of ether oxygens (including phenoxy) is 2. The van der Waals surface area contributed by atoms with Crippen LogP contribution in [0.15, 0.2) is 0 Å². The van der Waals surface area contributed by atoms with Crippen LogP contribution in [0, 0.1) is 0 Å². The minimum Gasteiger partial charge on any atom is -0.481 e. The highest BCUT2D eigenvalue weighted by Gasteiger charge is 1.91. The van der Waals surface area contributed by atoms with E-state index in [4.69, 9.17) is 5.11 Å². The average molecular weight is 206 g/mol. The van der Waals surface area contributed by atoms with Crippen molar-refractivity contribution in [2.45, 2.75) is 26.7 Å². The Morgan fingerprint density at radius 3 is 2.00 bits per heavy atom. The molecule has 0 spiro atoms. The standard InChI is InChI=1S/C5H10O2.C4H8O3/c1-3-5(6)7-4-2;1-7-3-2-4(5)6/h3-4H2,1-2H3;2-3H2,1H3,(H,5,6). The second kappa shape index (κ2) is 11.9. The molecule has 0 aliphatic rings. The van der Waals surface area contributed by atoms with Gasteiger partial charge in [0.25, 0.3) is 0 Å². The maximum atomic E-state index is 10.2. The number of rotatable bonds is 5. The number of methoxy groups -OCH3 is 1. The molecule has 0 aliphatic heterocycles. The summed E-state index contributed by atoms with van der Waals surface area (Å²) in [6, 6.07) is 0. The SMILES string of the molecule is CCOC(=O)CC.COCCC(=O)O. The predicted octanol–water partition coefficient (Wildman–Crippen LogP) is 1.07. The molecule has 84 valence electrons. The van der Waals surface area contributed by atoms with Gasteiger partial charge in [-0.05, 0) is 6.92 Å². The number of aliphatic carboxylic acids is 1. The van der Waals surface area contributed by atoms with Crippen LogP contribution in [0.4, 0.5) is 0 Å². The predicted molar refractivity (Wildman–Crippen MR) is 51.1 cm³/mol. The molecular formula is C9H18O5. The molecule has 0 aromatic carbocycles. The smallest absolute Gasteiger partial charge is 0.305 e. The number of carbonyl (C=O) groups is 2. The third-order valence-electron chi connectivity index (χ3n) is 1.11. The molecule has 0 radical (unpaired) electrons. The van der Waals surface area contributed by atoms with Crippen molar-refractivity contribution in [3.63, 3.8) is 0 Å². The number of hydrogen-bond acceptors (Lipinski definition) is 4. The van der Waals surface area contributed by atoms with Crippen molar-refractivity contribution < 1.29 is 24.2 Å². The first-order chi connectivity index (χ1) is 6.58. The summed E-state index contributed by atoms with van der Waals surface area (Å²) < 4.78 is 9.02. The third-order valence-corrected chi connectivity index (χ3v) is 1.11. The van der Waals surface area contributed by atoms with Crippen LogP contribution in [0.3, 0.4) is 0 Å². The molecule has 5 heteroatoms. The molecule has 0 unspecified atom stereocenters. The Morgan fingerprint density at radius 2 is 1.86 bits per heavy atom. The zero-order valence-electron chi connectivity index (χ0n) is 8.91. The van der Waals surface area contributed by atoms with Crippen molar-refractivity contribution in [2.24, 2.45) is 0 Å². The monoisotopic (exact) mass is 206 g/mol. The lowest BCUT2D eigenvalue weighted by molar-refractivity contribution is -0.142. The van der Waals surface area contributed by atoms with E-state index in [2.05, 4.69) is 9.47 Å². The van der Waals surface area contributed by atoms with Gasteiger partial charge < -0.3 is 14.6 Å². The molecule has 0 atom stereocenters. The molecule has 14 heavy (non-hydrogen) atoms.